The average molecular weight is 252 g/mol. The Balaban J connectivity index is 3.25. The van der Waals surface area contributed by atoms with Gasteiger partial charge in [-0.1, -0.05) is 26.3 Å². The minimum atomic E-state index is -1.40. The van der Waals surface area contributed by atoms with E-state index in [0.717, 1.165) is 30.4 Å². The van der Waals surface area contributed by atoms with Crippen molar-refractivity contribution in [3.05, 3.63) is 22.8 Å². The molecule has 0 saturated carbocycles. The van der Waals surface area contributed by atoms with Crippen molar-refractivity contribution in [1.82, 2.24) is 0 Å². The summed E-state index contributed by atoms with van der Waals surface area (Å²) in [5, 5.41) is 18.8. The first-order chi connectivity index (χ1) is 8.51. The van der Waals surface area contributed by atoms with Crippen molar-refractivity contribution in [3.63, 3.8) is 0 Å². The summed E-state index contributed by atoms with van der Waals surface area (Å²) in [4.78, 5) is 10.7. The van der Waals surface area contributed by atoms with Gasteiger partial charge in [0, 0.05) is 0 Å². The van der Waals surface area contributed by atoms with Crippen molar-refractivity contribution >= 4 is 6.16 Å². The van der Waals surface area contributed by atoms with Crippen LogP contribution in [0.4, 0.5) is 4.79 Å². The molecule has 100 valence electrons. The highest BCUT2D eigenvalue weighted by Gasteiger charge is 2.17. The lowest BCUT2D eigenvalue weighted by atomic mass is 9.97. The van der Waals surface area contributed by atoms with E-state index in [1.54, 1.807) is 6.92 Å². The first-order valence-electron chi connectivity index (χ1n) is 6.26. The summed E-state index contributed by atoms with van der Waals surface area (Å²) in [6.45, 7) is 5.84. The van der Waals surface area contributed by atoms with Gasteiger partial charge in [-0.2, -0.15) is 0 Å². The van der Waals surface area contributed by atoms with Crippen LogP contribution in [-0.4, -0.2) is 16.4 Å². The van der Waals surface area contributed by atoms with Crippen molar-refractivity contribution in [2.75, 3.05) is 0 Å². The summed E-state index contributed by atoms with van der Waals surface area (Å²) < 4.78 is 4.72. The van der Waals surface area contributed by atoms with Gasteiger partial charge in [-0.25, -0.2) is 4.79 Å². The van der Waals surface area contributed by atoms with Crippen LogP contribution in [0.2, 0.25) is 0 Å². The minimum Gasteiger partial charge on any atom is -0.504 e. The number of phenols is 1. The summed E-state index contributed by atoms with van der Waals surface area (Å²) in [6.07, 6.45) is 2.04. The fourth-order valence-corrected chi connectivity index (χ4v) is 1.98. The highest BCUT2D eigenvalue weighted by molar-refractivity contribution is 5.66. The van der Waals surface area contributed by atoms with Crippen molar-refractivity contribution in [2.45, 2.75) is 46.5 Å². The zero-order valence-electron chi connectivity index (χ0n) is 11.1. The van der Waals surface area contributed by atoms with Crippen molar-refractivity contribution in [3.8, 4) is 11.5 Å². The number of phenolic OH excluding ortho intramolecular Hbond substituents is 1. The van der Waals surface area contributed by atoms with Crippen molar-refractivity contribution in [2.24, 2.45) is 0 Å². The van der Waals surface area contributed by atoms with Gasteiger partial charge < -0.3 is 14.9 Å². The fraction of sp³-hybridized carbons (Fsp3) is 0.500. The topological polar surface area (TPSA) is 66.8 Å². The maximum Gasteiger partial charge on any atom is 0.511 e. The molecule has 0 amide bonds. The second-order valence-electron chi connectivity index (χ2n) is 4.32. The van der Waals surface area contributed by atoms with Crippen LogP contribution in [0.1, 0.15) is 43.4 Å². The van der Waals surface area contributed by atoms with Crippen LogP contribution in [-0.2, 0) is 12.8 Å². The minimum absolute atomic E-state index is 0.0529. The molecule has 1 aromatic rings. The Morgan fingerprint density at radius 1 is 1.33 bits per heavy atom. The lowest BCUT2D eigenvalue weighted by Gasteiger charge is -2.15. The van der Waals surface area contributed by atoms with E-state index >= 15 is 0 Å². The number of unbranched alkanes of at least 4 members (excludes halogenated alkanes) is 1. The van der Waals surface area contributed by atoms with Gasteiger partial charge in [0.15, 0.2) is 11.5 Å². The number of carbonyl (C=O) groups is 1. The molecule has 1 rings (SSSR count). The monoisotopic (exact) mass is 252 g/mol. The third-order valence-corrected chi connectivity index (χ3v) is 3.06. The van der Waals surface area contributed by atoms with E-state index in [2.05, 4.69) is 6.92 Å². The molecule has 0 bridgehead atoms. The maximum atomic E-state index is 10.7. The molecule has 0 spiro atoms. The molecule has 0 unspecified atom stereocenters. The van der Waals surface area contributed by atoms with Gasteiger partial charge in [0.25, 0.3) is 0 Å². The third-order valence-electron chi connectivity index (χ3n) is 3.06. The van der Waals surface area contributed by atoms with Crippen LogP contribution >= 0.6 is 0 Å². The van der Waals surface area contributed by atoms with Crippen LogP contribution in [0.15, 0.2) is 6.07 Å². The first-order valence-corrected chi connectivity index (χ1v) is 6.26. The van der Waals surface area contributed by atoms with E-state index in [-0.39, 0.29) is 11.5 Å². The van der Waals surface area contributed by atoms with E-state index < -0.39 is 6.16 Å². The van der Waals surface area contributed by atoms with Gasteiger partial charge in [0.05, 0.1) is 0 Å². The molecule has 4 heteroatoms. The summed E-state index contributed by atoms with van der Waals surface area (Å²) in [7, 11) is 0. The van der Waals surface area contributed by atoms with Crippen LogP contribution in [0.3, 0.4) is 0 Å². The van der Waals surface area contributed by atoms with Gasteiger partial charge in [0.1, 0.15) is 0 Å². The number of aryl methyl sites for hydroxylation is 2. The Morgan fingerprint density at radius 2 is 2.00 bits per heavy atom. The zero-order valence-corrected chi connectivity index (χ0v) is 11.1. The fourth-order valence-electron chi connectivity index (χ4n) is 1.98. The molecule has 18 heavy (non-hydrogen) atoms. The summed E-state index contributed by atoms with van der Waals surface area (Å²) in [5.74, 6) is 0.0357. The molecule has 0 aromatic heterocycles. The normalized spacial score (nSPS) is 10.4. The largest absolute Gasteiger partial charge is 0.511 e. The molecular weight excluding hydrogens is 232 g/mol. The lowest BCUT2D eigenvalue weighted by Crippen LogP contribution is -2.07. The van der Waals surface area contributed by atoms with E-state index in [1.807, 2.05) is 13.0 Å². The predicted octanol–water partition coefficient (Wildman–Crippen LogP) is 3.66. The van der Waals surface area contributed by atoms with Gasteiger partial charge in [0.2, 0.25) is 0 Å². The molecule has 0 aliphatic carbocycles. The molecule has 0 saturated heterocycles. The van der Waals surface area contributed by atoms with Gasteiger partial charge >= 0.3 is 6.16 Å². The first kappa shape index (κ1) is 14.4. The highest BCUT2D eigenvalue weighted by atomic mass is 16.7. The number of carboxylic acid groups (broad SMARTS) is 1. The molecule has 1 aromatic carbocycles. The SMILES string of the molecule is CCCCc1cc(CC)c(C)c(O)c1OC(=O)O. The van der Waals surface area contributed by atoms with E-state index in [0.29, 0.717) is 12.0 Å². The van der Waals surface area contributed by atoms with Crippen LogP contribution < -0.4 is 4.74 Å². The Kier molecular flexibility index (Phi) is 5.01. The lowest BCUT2D eigenvalue weighted by molar-refractivity contribution is 0.142. The second-order valence-corrected chi connectivity index (χ2v) is 4.32. The second kappa shape index (κ2) is 6.28. The molecule has 0 heterocycles. The van der Waals surface area contributed by atoms with Crippen molar-refractivity contribution in [1.29, 1.82) is 0 Å². The Labute approximate surface area is 107 Å². The Morgan fingerprint density at radius 3 is 2.50 bits per heavy atom. The maximum absolute atomic E-state index is 10.7. The van der Waals surface area contributed by atoms with Crippen LogP contribution in [0, 0.1) is 6.92 Å². The number of hydrogen-bond donors (Lipinski definition) is 2. The van der Waals surface area contributed by atoms with Crippen LogP contribution in [0.25, 0.3) is 0 Å². The van der Waals surface area contributed by atoms with Gasteiger partial charge in [-0.05, 0) is 42.9 Å². The molecule has 0 fully saturated rings. The molecule has 2 N–H and O–H groups in total. The van der Waals surface area contributed by atoms with Gasteiger partial charge in [-0.15, -0.1) is 0 Å². The number of benzene rings is 1. The van der Waals surface area contributed by atoms with Crippen molar-refractivity contribution < 1.29 is 19.7 Å². The van der Waals surface area contributed by atoms with E-state index in [9.17, 15) is 9.90 Å². The number of ether oxygens (including phenoxy) is 1. The number of aromatic hydroxyl groups is 1. The number of rotatable bonds is 5. The average Bonchev–Trinajstić information content (AvgIpc) is 2.33. The quantitative estimate of drug-likeness (QED) is 0.620. The smallest absolute Gasteiger partial charge is 0.504 e. The van der Waals surface area contributed by atoms with E-state index in [1.165, 1.54) is 0 Å². The van der Waals surface area contributed by atoms with Crippen LogP contribution in [0.5, 0.6) is 11.5 Å². The molecule has 0 atom stereocenters. The molecule has 4 nitrogen and oxygen atoms in total. The highest BCUT2D eigenvalue weighted by Crippen LogP contribution is 2.37. The third kappa shape index (κ3) is 3.15. The van der Waals surface area contributed by atoms with Gasteiger partial charge in [-0.3, -0.25) is 0 Å². The summed E-state index contributed by atoms with van der Waals surface area (Å²) in [6, 6.07) is 1.93. The predicted molar refractivity (Wildman–Crippen MR) is 69.5 cm³/mol. The molecule has 0 aliphatic rings. The standard InChI is InChI=1S/C14H20O4/c1-4-6-7-11-8-10(5-2)9(3)12(15)13(11)18-14(16)17/h8,15H,4-7H2,1-3H3,(H,16,17). The summed E-state index contributed by atoms with van der Waals surface area (Å²) >= 11 is 0. The molecule has 0 aliphatic heterocycles. The Hall–Kier alpha value is -1.71. The molecule has 0 radical (unpaired) electrons. The summed E-state index contributed by atoms with van der Waals surface area (Å²) in [5.41, 5.74) is 2.48. The molecular formula is C14H20O4. The zero-order chi connectivity index (χ0) is 13.7. The number of hydrogen-bond acceptors (Lipinski definition) is 3. The Bertz CT molecular complexity index is 438. The van der Waals surface area contributed by atoms with E-state index in [4.69, 9.17) is 9.84 Å².